The van der Waals surface area contributed by atoms with Crippen LogP contribution in [0.25, 0.3) is 33.2 Å². The predicted molar refractivity (Wildman–Crippen MR) is 117 cm³/mol. The molecule has 0 saturated carbocycles. The van der Waals surface area contributed by atoms with Crippen molar-refractivity contribution in [2.75, 3.05) is 0 Å². The molecule has 30 heavy (non-hydrogen) atoms. The number of rotatable bonds is 7. The van der Waals surface area contributed by atoms with Gasteiger partial charge in [0.2, 0.25) is 0 Å². The number of hydrogen-bond donors (Lipinski definition) is 0. The van der Waals surface area contributed by atoms with Crippen molar-refractivity contribution in [3.8, 4) is 0 Å². The van der Waals surface area contributed by atoms with E-state index in [0.717, 1.165) is 36.1 Å². The minimum absolute atomic E-state index is 0.0655. The number of aryl methyl sites for hydroxylation is 1. The van der Waals surface area contributed by atoms with Gasteiger partial charge in [0.05, 0.1) is 30.2 Å². The lowest BCUT2D eigenvalue weighted by atomic mass is 10.2. The monoisotopic (exact) mass is 401 g/mol. The van der Waals surface area contributed by atoms with Gasteiger partial charge in [-0.1, -0.05) is 38.3 Å². The molecule has 0 atom stereocenters. The standard InChI is InChI=1S/C23H23N5O2/c1-2-3-4-7-12-27-15-24-21-19(23(27)29)20-22(28(21)14-16-9-8-13-30-16)26-18-11-6-5-10-17(18)25-20/h5-6,8-11,13,15H,2-4,7,12,14H2,1H3. The van der Waals surface area contributed by atoms with E-state index in [-0.39, 0.29) is 5.56 Å². The molecule has 0 unspecified atom stereocenters. The van der Waals surface area contributed by atoms with Crippen LogP contribution in [0.5, 0.6) is 0 Å². The third-order valence-electron chi connectivity index (χ3n) is 5.46. The van der Waals surface area contributed by atoms with E-state index in [2.05, 4.69) is 11.9 Å². The second-order valence-electron chi connectivity index (χ2n) is 7.55. The van der Waals surface area contributed by atoms with Crippen LogP contribution in [0, 0.1) is 0 Å². The lowest BCUT2D eigenvalue weighted by Gasteiger charge is -2.06. The first kappa shape index (κ1) is 18.5. The third kappa shape index (κ3) is 3.16. The highest BCUT2D eigenvalue weighted by atomic mass is 16.3. The maximum atomic E-state index is 13.4. The summed E-state index contributed by atoms with van der Waals surface area (Å²) in [5, 5.41) is 0.521. The topological polar surface area (TPSA) is 78.7 Å². The first-order valence-corrected chi connectivity index (χ1v) is 10.4. The zero-order valence-corrected chi connectivity index (χ0v) is 16.9. The van der Waals surface area contributed by atoms with Crippen molar-refractivity contribution in [1.29, 1.82) is 0 Å². The number of hydrogen-bond acceptors (Lipinski definition) is 5. The molecule has 0 aliphatic carbocycles. The second kappa shape index (κ2) is 7.74. The van der Waals surface area contributed by atoms with Gasteiger partial charge in [0.25, 0.3) is 5.56 Å². The Morgan fingerprint density at radius 2 is 1.80 bits per heavy atom. The summed E-state index contributed by atoms with van der Waals surface area (Å²) in [6.07, 6.45) is 7.68. The van der Waals surface area contributed by atoms with E-state index in [9.17, 15) is 4.79 Å². The zero-order chi connectivity index (χ0) is 20.5. The average molecular weight is 401 g/mol. The Bertz CT molecular complexity index is 1380. The molecular weight excluding hydrogens is 378 g/mol. The van der Waals surface area contributed by atoms with Crippen molar-refractivity contribution in [2.24, 2.45) is 0 Å². The molecule has 0 bridgehead atoms. The van der Waals surface area contributed by atoms with Crippen LogP contribution in [0.15, 0.2) is 58.2 Å². The quantitative estimate of drug-likeness (QED) is 0.375. The number of furan rings is 1. The Balaban J connectivity index is 1.73. The van der Waals surface area contributed by atoms with Gasteiger partial charge in [0.15, 0.2) is 11.3 Å². The summed E-state index contributed by atoms with van der Waals surface area (Å²) in [7, 11) is 0. The summed E-state index contributed by atoms with van der Waals surface area (Å²) in [4.78, 5) is 27.7. The molecule has 0 N–H and O–H groups in total. The molecule has 0 aliphatic rings. The Kier molecular flexibility index (Phi) is 4.78. The van der Waals surface area contributed by atoms with Crippen molar-refractivity contribution in [3.63, 3.8) is 0 Å². The van der Waals surface area contributed by atoms with Crippen LogP contribution in [0.2, 0.25) is 0 Å². The predicted octanol–water partition coefficient (Wildman–Crippen LogP) is 4.52. The van der Waals surface area contributed by atoms with Gasteiger partial charge in [-0.05, 0) is 30.7 Å². The summed E-state index contributed by atoms with van der Waals surface area (Å²) in [6.45, 7) is 3.28. The lowest BCUT2D eigenvalue weighted by molar-refractivity contribution is 0.498. The average Bonchev–Trinajstić information content (AvgIpc) is 3.38. The molecule has 0 radical (unpaired) electrons. The number of unbranched alkanes of at least 4 members (excludes halogenated alkanes) is 3. The van der Waals surface area contributed by atoms with Crippen LogP contribution in [0.1, 0.15) is 38.4 Å². The van der Waals surface area contributed by atoms with Crippen molar-refractivity contribution >= 4 is 33.2 Å². The molecule has 0 spiro atoms. The highest BCUT2D eigenvalue weighted by Gasteiger charge is 2.20. The van der Waals surface area contributed by atoms with Gasteiger partial charge in [-0.25, -0.2) is 15.0 Å². The smallest absolute Gasteiger partial charge is 0.265 e. The van der Waals surface area contributed by atoms with Crippen molar-refractivity contribution in [3.05, 3.63) is 65.1 Å². The van der Waals surface area contributed by atoms with Crippen molar-refractivity contribution in [1.82, 2.24) is 24.1 Å². The number of fused-ring (bicyclic) bond motifs is 4. The summed E-state index contributed by atoms with van der Waals surface area (Å²) in [6, 6.07) is 11.5. The van der Waals surface area contributed by atoms with Gasteiger partial charge in [0, 0.05) is 6.54 Å². The maximum absolute atomic E-state index is 13.4. The molecule has 152 valence electrons. The van der Waals surface area contributed by atoms with E-state index in [0.29, 0.717) is 35.3 Å². The van der Waals surface area contributed by atoms with E-state index in [1.165, 1.54) is 6.42 Å². The maximum Gasteiger partial charge on any atom is 0.265 e. The fourth-order valence-corrected chi connectivity index (χ4v) is 3.92. The molecule has 4 heterocycles. The largest absolute Gasteiger partial charge is 0.467 e. The molecule has 0 aliphatic heterocycles. The second-order valence-corrected chi connectivity index (χ2v) is 7.55. The Hall–Kier alpha value is -3.48. The van der Waals surface area contributed by atoms with E-state index < -0.39 is 0 Å². The fraction of sp³-hybridized carbons (Fsp3) is 0.304. The molecular formula is C23H23N5O2. The van der Waals surface area contributed by atoms with Crippen LogP contribution in [-0.4, -0.2) is 24.1 Å². The Morgan fingerprint density at radius 1 is 0.967 bits per heavy atom. The van der Waals surface area contributed by atoms with Crippen LogP contribution in [0.4, 0.5) is 0 Å². The molecule has 1 aromatic carbocycles. The lowest BCUT2D eigenvalue weighted by Crippen LogP contribution is -2.21. The summed E-state index contributed by atoms with van der Waals surface area (Å²) < 4.78 is 9.16. The van der Waals surface area contributed by atoms with Crippen LogP contribution < -0.4 is 5.56 Å². The van der Waals surface area contributed by atoms with Gasteiger partial charge < -0.3 is 8.98 Å². The van der Waals surface area contributed by atoms with Gasteiger partial charge in [-0.2, -0.15) is 0 Å². The number of nitrogens with zero attached hydrogens (tertiary/aromatic N) is 5. The highest BCUT2D eigenvalue weighted by Crippen LogP contribution is 2.26. The molecule has 0 saturated heterocycles. The number of aromatic nitrogens is 5. The molecule has 0 fully saturated rings. The molecule has 5 aromatic rings. The van der Waals surface area contributed by atoms with E-state index in [1.54, 1.807) is 17.2 Å². The molecule has 4 aromatic heterocycles. The highest BCUT2D eigenvalue weighted by molar-refractivity contribution is 6.04. The number of para-hydroxylation sites is 2. The van der Waals surface area contributed by atoms with Crippen molar-refractivity contribution < 1.29 is 4.42 Å². The third-order valence-corrected chi connectivity index (χ3v) is 5.46. The van der Waals surface area contributed by atoms with Gasteiger partial charge in [-0.15, -0.1) is 0 Å². The summed E-state index contributed by atoms with van der Waals surface area (Å²) >= 11 is 0. The summed E-state index contributed by atoms with van der Waals surface area (Å²) in [5.41, 5.74) is 3.31. The van der Waals surface area contributed by atoms with E-state index >= 15 is 0 Å². The summed E-state index contributed by atoms with van der Waals surface area (Å²) in [5.74, 6) is 0.773. The Morgan fingerprint density at radius 3 is 2.57 bits per heavy atom. The Labute approximate surface area is 173 Å². The molecule has 7 nitrogen and oxygen atoms in total. The van der Waals surface area contributed by atoms with Gasteiger partial charge in [-0.3, -0.25) is 9.36 Å². The van der Waals surface area contributed by atoms with E-state index in [4.69, 9.17) is 14.4 Å². The molecule has 7 heteroatoms. The molecule has 0 amide bonds. The van der Waals surface area contributed by atoms with Crippen LogP contribution in [-0.2, 0) is 13.1 Å². The zero-order valence-electron chi connectivity index (χ0n) is 16.9. The normalized spacial score (nSPS) is 11.8. The van der Waals surface area contributed by atoms with E-state index in [1.807, 2.05) is 41.0 Å². The van der Waals surface area contributed by atoms with Crippen molar-refractivity contribution in [2.45, 2.75) is 45.7 Å². The van der Waals surface area contributed by atoms with Crippen LogP contribution in [0.3, 0.4) is 0 Å². The van der Waals surface area contributed by atoms with Gasteiger partial charge in [0.1, 0.15) is 16.7 Å². The first-order chi connectivity index (χ1) is 14.8. The van der Waals surface area contributed by atoms with Crippen LogP contribution >= 0.6 is 0 Å². The first-order valence-electron chi connectivity index (χ1n) is 10.4. The minimum atomic E-state index is -0.0655. The fourth-order valence-electron chi connectivity index (χ4n) is 3.92. The van der Waals surface area contributed by atoms with Gasteiger partial charge >= 0.3 is 0 Å². The SMILES string of the molecule is CCCCCCn1cnc2c(c1=O)c1nc3ccccc3nc1n2Cc1ccco1. The number of benzene rings is 1. The molecule has 5 rings (SSSR count). The minimum Gasteiger partial charge on any atom is -0.467 e.